The van der Waals surface area contributed by atoms with Gasteiger partial charge in [0.15, 0.2) is 0 Å². The van der Waals surface area contributed by atoms with Crippen molar-refractivity contribution in [2.24, 2.45) is 0 Å². The molecule has 1 aliphatic heterocycles. The van der Waals surface area contributed by atoms with Crippen molar-refractivity contribution in [1.82, 2.24) is 0 Å². The molecule has 3 nitrogen and oxygen atoms in total. The van der Waals surface area contributed by atoms with Crippen molar-refractivity contribution in [3.63, 3.8) is 0 Å². The SMILES string of the molecule is O=C1Nc2cc(Cc3c[c]ccc3)ccc2C1=CO. The van der Waals surface area contributed by atoms with E-state index in [1.54, 1.807) is 0 Å². The third kappa shape index (κ3) is 2.10. The fourth-order valence-corrected chi connectivity index (χ4v) is 2.26. The maximum absolute atomic E-state index is 11.6. The van der Waals surface area contributed by atoms with Gasteiger partial charge in [-0.05, 0) is 29.7 Å². The molecule has 2 aromatic carbocycles. The monoisotopic (exact) mass is 250 g/mol. The molecule has 0 bridgehead atoms. The number of nitrogens with one attached hydrogen (secondary N) is 1. The van der Waals surface area contributed by atoms with Crippen LogP contribution in [0.15, 0.2) is 48.7 Å². The van der Waals surface area contributed by atoms with Crippen LogP contribution >= 0.6 is 0 Å². The van der Waals surface area contributed by atoms with E-state index in [0.29, 0.717) is 5.57 Å². The molecule has 19 heavy (non-hydrogen) atoms. The third-order valence-electron chi connectivity index (χ3n) is 3.18. The second-order valence-electron chi connectivity index (χ2n) is 4.47. The van der Waals surface area contributed by atoms with Crippen molar-refractivity contribution in [1.29, 1.82) is 0 Å². The number of hydrogen-bond acceptors (Lipinski definition) is 2. The van der Waals surface area contributed by atoms with Gasteiger partial charge in [-0.3, -0.25) is 4.79 Å². The van der Waals surface area contributed by atoms with E-state index in [0.717, 1.165) is 29.5 Å². The Morgan fingerprint density at radius 2 is 2.16 bits per heavy atom. The minimum Gasteiger partial charge on any atom is -0.515 e. The first kappa shape index (κ1) is 11.5. The summed E-state index contributed by atoms with van der Waals surface area (Å²) < 4.78 is 0. The highest BCUT2D eigenvalue weighted by Crippen LogP contribution is 2.32. The van der Waals surface area contributed by atoms with Crippen LogP contribution < -0.4 is 5.32 Å². The first-order valence-corrected chi connectivity index (χ1v) is 6.02. The lowest BCUT2D eigenvalue weighted by molar-refractivity contribution is -0.110. The van der Waals surface area contributed by atoms with Gasteiger partial charge in [0.2, 0.25) is 0 Å². The fraction of sp³-hybridized carbons (Fsp3) is 0.0625. The predicted octanol–water partition coefficient (Wildman–Crippen LogP) is 2.93. The maximum Gasteiger partial charge on any atom is 0.259 e. The van der Waals surface area contributed by atoms with E-state index < -0.39 is 0 Å². The van der Waals surface area contributed by atoms with Gasteiger partial charge in [0, 0.05) is 11.3 Å². The molecular weight excluding hydrogens is 238 g/mol. The van der Waals surface area contributed by atoms with Crippen molar-refractivity contribution in [2.45, 2.75) is 6.42 Å². The van der Waals surface area contributed by atoms with Gasteiger partial charge < -0.3 is 10.4 Å². The van der Waals surface area contributed by atoms with E-state index in [9.17, 15) is 4.79 Å². The topological polar surface area (TPSA) is 49.3 Å². The zero-order valence-corrected chi connectivity index (χ0v) is 10.2. The van der Waals surface area contributed by atoms with Gasteiger partial charge >= 0.3 is 0 Å². The Labute approximate surface area is 111 Å². The zero-order valence-electron chi connectivity index (χ0n) is 10.2. The molecule has 1 radical (unpaired) electrons. The van der Waals surface area contributed by atoms with Crippen molar-refractivity contribution in [3.8, 4) is 0 Å². The Morgan fingerprint density at radius 1 is 1.26 bits per heavy atom. The second kappa shape index (κ2) is 4.61. The first-order valence-electron chi connectivity index (χ1n) is 6.02. The lowest BCUT2D eigenvalue weighted by Gasteiger charge is -2.04. The summed E-state index contributed by atoms with van der Waals surface area (Å²) >= 11 is 0. The van der Waals surface area contributed by atoms with Crippen LogP contribution in [0.4, 0.5) is 5.69 Å². The van der Waals surface area contributed by atoms with Crippen LogP contribution in [0.2, 0.25) is 0 Å². The number of fused-ring (bicyclic) bond motifs is 1. The standard InChI is InChI=1S/C16H12NO2/c18-10-14-13-7-6-12(9-15(13)17-16(14)19)8-11-4-2-1-3-5-11/h1-2,4-7,9-10,18H,8H2,(H,17,19). The molecule has 0 unspecified atom stereocenters. The molecule has 0 aromatic heterocycles. The highest BCUT2D eigenvalue weighted by molar-refractivity contribution is 6.31. The summed E-state index contributed by atoms with van der Waals surface area (Å²) in [7, 11) is 0. The van der Waals surface area contributed by atoms with Crippen molar-refractivity contribution in [3.05, 3.63) is 71.5 Å². The summed E-state index contributed by atoms with van der Waals surface area (Å²) in [4.78, 5) is 11.6. The molecule has 2 aromatic rings. The first-order chi connectivity index (χ1) is 9.28. The summed E-state index contributed by atoms with van der Waals surface area (Å²) in [6.07, 6.45) is 1.64. The smallest absolute Gasteiger partial charge is 0.259 e. The molecule has 3 rings (SSSR count). The van der Waals surface area contributed by atoms with E-state index in [4.69, 9.17) is 5.11 Å². The van der Waals surface area contributed by atoms with Gasteiger partial charge in [-0.25, -0.2) is 0 Å². The number of carbonyl (C=O) groups excluding carboxylic acids is 1. The van der Waals surface area contributed by atoms with E-state index in [1.165, 1.54) is 5.56 Å². The maximum atomic E-state index is 11.6. The van der Waals surface area contributed by atoms with Crippen LogP contribution in [-0.4, -0.2) is 11.0 Å². The van der Waals surface area contributed by atoms with Gasteiger partial charge in [0.25, 0.3) is 5.91 Å². The molecule has 93 valence electrons. The molecule has 0 spiro atoms. The Balaban J connectivity index is 1.92. The summed E-state index contributed by atoms with van der Waals surface area (Å²) in [5.74, 6) is -0.261. The Morgan fingerprint density at radius 3 is 2.89 bits per heavy atom. The highest BCUT2D eigenvalue weighted by Gasteiger charge is 2.24. The number of anilines is 1. The summed E-state index contributed by atoms with van der Waals surface area (Å²) in [6.45, 7) is 0. The van der Waals surface area contributed by atoms with Crippen LogP contribution in [0, 0.1) is 6.07 Å². The van der Waals surface area contributed by atoms with Gasteiger partial charge in [-0.2, -0.15) is 0 Å². The number of rotatable bonds is 2. The van der Waals surface area contributed by atoms with E-state index in [-0.39, 0.29) is 5.91 Å². The zero-order chi connectivity index (χ0) is 13.2. The van der Waals surface area contributed by atoms with Gasteiger partial charge in [-0.15, -0.1) is 0 Å². The molecule has 1 amide bonds. The van der Waals surface area contributed by atoms with Crippen molar-refractivity contribution >= 4 is 17.2 Å². The summed E-state index contributed by atoms with van der Waals surface area (Å²) in [5.41, 5.74) is 4.09. The molecule has 2 N–H and O–H groups in total. The van der Waals surface area contributed by atoms with E-state index in [2.05, 4.69) is 11.4 Å². The third-order valence-corrected chi connectivity index (χ3v) is 3.18. The molecule has 0 saturated heterocycles. The van der Waals surface area contributed by atoms with E-state index >= 15 is 0 Å². The number of aliphatic hydroxyl groups is 1. The number of benzene rings is 2. The lowest BCUT2D eigenvalue weighted by Crippen LogP contribution is -2.03. The molecule has 0 saturated carbocycles. The highest BCUT2D eigenvalue weighted by atomic mass is 16.2. The fourth-order valence-electron chi connectivity index (χ4n) is 2.26. The van der Waals surface area contributed by atoms with Crippen molar-refractivity contribution in [2.75, 3.05) is 5.32 Å². The number of carbonyl (C=O) groups is 1. The minimum atomic E-state index is -0.261. The van der Waals surface area contributed by atoms with Crippen LogP contribution in [0.3, 0.4) is 0 Å². The van der Waals surface area contributed by atoms with Crippen LogP contribution in [-0.2, 0) is 11.2 Å². The Hall–Kier alpha value is -2.55. The average Bonchev–Trinajstić information content (AvgIpc) is 2.74. The quantitative estimate of drug-likeness (QED) is 0.636. The Kier molecular flexibility index (Phi) is 2.80. The van der Waals surface area contributed by atoms with Gasteiger partial charge in [-0.1, -0.05) is 36.4 Å². The molecular formula is C16H12NO2. The molecule has 0 aliphatic carbocycles. The molecule has 1 heterocycles. The number of hydrogen-bond donors (Lipinski definition) is 2. The normalized spacial score (nSPS) is 15.4. The summed E-state index contributed by atoms with van der Waals surface area (Å²) in [6, 6.07) is 16.6. The van der Waals surface area contributed by atoms with Crippen LogP contribution in [0.1, 0.15) is 16.7 Å². The molecule has 0 fully saturated rings. The van der Waals surface area contributed by atoms with E-state index in [1.807, 2.05) is 42.5 Å². The van der Waals surface area contributed by atoms with Gasteiger partial charge in [0.05, 0.1) is 11.8 Å². The largest absolute Gasteiger partial charge is 0.515 e. The number of aliphatic hydroxyl groups excluding tert-OH is 1. The molecule has 3 heteroatoms. The minimum absolute atomic E-state index is 0.261. The van der Waals surface area contributed by atoms with Crippen LogP contribution in [0.25, 0.3) is 5.57 Å². The second-order valence-corrected chi connectivity index (χ2v) is 4.47. The average molecular weight is 250 g/mol. The lowest BCUT2D eigenvalue weighted by atomic mass is 10.0. The summed E-state index contributed by atoms with van der Waals surface area (Å²) in [5, 5.41) is 11.8. The van der Waals surface area contributed by atoms with Gasteiger partial charge in [0.1, 0.15) is 0 Å². The van der Waals surface area contributed by atoms with Crippen LogP contribution in [0.5, 0.6) is 0 Å². The predicted molar refractivity (Wildman–Crippen MR) is 73.8 cm³/mol. The Bertz CT molecular complexity index is 660. The van der Waals surface area contributed by atoms with Crippen molar-refractivity contribution < 1.29 is 9.90 Å². The molecule has 0 atom stereocenters. The molecule has 1 aliphatic rings. The number of amides is 1.